The van der Waals surface area contributed by atoms with E-state index in [1.807, 2.05) is 17.0 Å². The molecule has 3 aromatic rings. The number of aliphatic imine (C=N–C) groups is 1. The molecule has 0 aliphatic carbocycles. The molecule has 1 aliphatic heterocycles. The van der Waals surface area contributed by atoms with E-state index in [0.717, 1.165) is 11.8 Å². The first-order chi connectivity index (χ1) is 14.2. The molecule has 0 saturated carbocycles. The zero-order valence-electron chi connectivity index (χ0n) is 16.0. The van der Waals surface area contributed by atoms with Gasteiger partial charge >= 0.3 is 0 Å². The predicted molar refractivity (Wildman–Crippen MR) is 120 cm³/mol. The Kier molecular flexibility index (Phi) is 5.36. The fourth-order valence-corrected chi connectivity index (χ4v) is 4.23. The molecule has 0 fully saturated rings. The number of halogens is 2. The van der Waals surface area contributed by atoms with E-state index in [2.05, 4.69) is 4.99 Å². The third kappa shape index (κ3) is 4.09. The van der Waals surface area contributed by atoms with E-state index >= 15 is 0 Å². The van der Waals surface area contributed by atoms with Crippen molar-refractivity contribution in [3.8, 4) is 0 Å². The molecule has 0 bridgehead atoms. The van der Waals surface area contributed by atoms with Crippen LogP contribution >= 0.6 is 23.2 Å². The molecule has 0 aromatic heterocycles. The second-order valence-electron chi connectivity index (χ2n) is 7.12. The van der Waals surface area contributed by atoms with E-state index in [4.69, 9.17) is 23.2 Å². The molecule has 1 N–H and O–H groups in total. The minimum absolute atomic E-state index is 0.158. The molecule has 0 saturated heterocycles. The third-order valence-corrected chi connectivity index (χ3v) is 6.54. The van der Waals surface area contributed by atoms with Gasteiger partial charge in [0.15, 0.2) is 9.84 Å². The number of amidine groups is 1. The lowest BCUT2D eigenvalue weighted by molar-refractivity contribution is 0.0648. The average Bonchev–Trinajstić information content (AvgIpc) is 3.07. The lowest BCUT2D eigenvalue weighted by Crippen LogP contribution is -2.34. The smallest absolute Gasteiger partial charge is 0.202 e. The van der Waals surface area contributed by atoms with E-state index in [0.29, 0.717) is 27.1 Å². The zero-order valence-corrected chi connectivity index (χ0v) is 18.3. The summed E-state index contributed by atoms with van der Waals surface area (Å²) in [6.45, 7) is 0.158. The maximum Gasteiger partial charge on any atom is 0.202 e. The van der Waals surface area contributed by atoms with Crippen LogP contribution in [0.15, 0.2) is 82.7 Å². The zero-order chi connectivity index (χ0) is 21.5. The van der Waals surface area contributed by atoms with Crippen molar-refractivity contribution < 1.29 is 13.5 Å². The first-order valence-corrected chi connectivity index (χ1v) is 11.7. The molecule has 3 aromatic carbocycles. The van der Waals surface area contributed by atoms with Gasteiger partial charge in [-0.05, 0) is 60.7 Å². The number of hydrogen-bond acceptors (Lipinski definition) is 5. The highest BCUT2D eigenvalue weighted by Crippen LogP contribution is 2.35. The van der Waals surface area contributed by atoms with Gasteiger partial charge in [0.2, 0.25) is 5.72 Å². The third-order valence-electron chi connectivity index (χ3n) is 4.91. The van der Waals surface area contributed by atoms with Gasteiger partial charge in [-0.2, -0.15) is 0 Å². The van der Waals surface area contributed by atoms with Crippen LogP contribution < -0.4 is 4.90 Å². The van der Waals surface area contributed by atoms with Crippen molar-refractivity contribution in [1.29, 1.82) is 0 Å². The number of aliphatic hydroxyl groups is 1. The molecule has 154 valence electrons. The summed E-state index contributed by atoms with van der Waals surface area (Å²) in [7, 11) is -3.31. The quantitative estimate of drug-likeness (QED) is 0.621. The van der Waals surface area contributed by atoms with Crippen LogP contribution in [-0.4, -0.2) is 32.2 Å². The van der Waals surface area contributed by atoms with Crippen molar-refractivity contribution in [3.63, 3.8) is 0 Å². The number of rotatable bonds is 4. The fraction of sp³-hybridized carbons (Fsp3) is 0.136. The van der Waals surface area contributed by atoms with Gasteiger partial charge < -0.3 is 10.0 Å². The van der Waals surface area contributed by atoms with Gasteiger partial charge in [0.05, 0.1) is 11.4 Å². The normalized spacial score (nSPS) is 19.1. The number of β-amino-alcohol motifs (C(OH)–C–C–N with tert-alkyl or cyclic N) is 1. The number of hydrogen-bond donors (Lipinski definition) is 1. The largest absolute Gasteiger partial charge is 0.364 e. The van der Waals surface area contributed by atoms with Crippen LogP contribution in [0.5, 0.6) is 0 Å². The van der Waals surface area contributed by atoms with Gasteiger partial charge in [0, 0.05) is 33.1 Å². The van der Waals surface area contributed by atoms with Gasteiger partial charge in [-0.1, -0.05) is 35.3 Å². The van der Waals surface area contributed by atoms with Crippen LogP contribution in [0.3, 0.4) is 0 Å². The lowest BCUT2D eigenvalue weighted by Gasteiger charge is -2.24. The first kappa shape index (κ1) is 20.9. The van der Waals surface area contributed by atoms with E-state index in [9.17, 15) is 13.5 Å². The molecule has 30 heavy (non-hydrogen) atoms. The van der Waals surface area contributed by atoms with Crippen LogP contribution in [-0.2, 0) is 15.6 Å². The summed E-state index contributed by atoms with van der Waals surface area (Å²) in [5.74, 6) is 0.552. The Hall–Kier alpha value is -2.38. The average molecular weight is 461 g/mol. The summed E-state index contributed by atoms with van der Waals surface area (Å²) < 4.78 is 23.6. The van der Waals surface area contributed by atoms with E-state index in [1.54, 1.807) is 60.7 Å². The molecular weight excluding hydrogens is 443 g/mol. The minimum Gasteiger partial charge on any atom is -0.364 e. The highest BCUT2D eigenvalue weighted by molar-refractivity contribution is 7.90. The number of sulfone groups is 1. The Bertz CT molecular complexity index is 1210. The molecule has 1 atom stereocenters. The number of anilines is 1. The SMILES string of the molecule is CS(=O)(=O)c1ccc(N2CC(O)(c3ccc(Cl)cc3)N=C2c2ccc(Cl)cc2)cc1. The minimum atomic E-state index is -3.31. The molecular formula is C22H18Cl2N2O3S. The van der Waals surface area contributed by atoms with Crippen LogP contribution in [0.2, 0.25) is 10.0 Å². The predicted octanol–water partition coefficient (Wildman–Crippen LogP) is 4.51. The summed E-state index contributed by atoms with van der Waals surface area (Å²) in [6, 6.07) is 20.5. The Morgan fingerprint density at radius 3 is 1.97 bits per heavy atom. The summed E-state index contributed by atoms with van der Waals surface area (Å²) in [5.41, 5.74) is 0.598. The van der Waals surface area contributed by atoms with Crippen molar-refractivity contribution in [2.24, 2.45) is 4.99 Å². The molecule has 1 aliphatic rings. The Labute approximate surface area is 185 Å². The second kappa shape index (κ2) is 7.71. The van der Waals surface area contributed by atoms with Crippen molar-refractivity contribution in [2.45, 2.75) is 10.6 Å². The molecule has 1 heterocycles. The topological polar surface area (TPSA) is 70.0 Å². The molecule has 0 amide bonds. The van der Waals surface area contributed by atoms with Crippen molar-refractivity contribution in [3.05, 3.63) is 94.0 Å². The highest BCUT2D eigenvalue weighted by atomic mass is 35.5. The molecule has 5 nitrogen and oxygen atoms in total. The highest BCUT2D eigenvalue weighted by Gasteiger charge is 2.40. The Morgan fingerprint density at radius 1 is 0.900 bits per heavy atom. The number of benzene rings is 3. The number of nitrogens with zero attached hydrogens (tertiary/aromatic N) is 2. The Balaban J connectivity index is 1.79. The molecule has 1 unspecified atom stereocenters. The molecule has 0 spiro atoms. The van der Waals surface area contributed by atoms with Crippen molar-refractivity contribution >= 4 is 44.6 Å². The lowest BCUT2D eigenvalue weighted by atomic mass is 10.0. The molecule has 4 rings (SSSR count). The Morgan fingerprint density at radius 2 is 1.43 bits per heavy atom. The van der Waals surface area contributed by atoms with Crippen molar-refractivity contribution in [1.82, 2.24) is 0 Å². The summed E-state index contributed by atoms with van der Waals surface area (Å²) in [6.07, 6.45) is 1.16. The van der Waals surface area contributed by atoms with Gasteiger partial charge in [-0.15, -0.1) is 0 Å². The fourth-order valence-electron chi connectivity index (χ4n) is 3.35. The maximum absolute atomic E-state index is 11.8. The second-order valence-corrected chi connectivity index (χ2v) is 10.0. The van der Waals surface area contributed by atoms with Crippen LogP contribution in [0, 0.1) is 0 Å². The van der Waals surface area contributed by atoms with Gasteiger partial charge in [0.1, 0.15) is 5.84 Å². The van der Waals surface area contributed by atoms with Crippen LogP contribution in [0.25, 0.3) is 0 Å². The van der Waals surface area contributed by atoms with Gasteiger partial charge in [0.25, 0.3) is 0 Å². The van der Waals surface area contributed by atoms with Gasteiger partial charge in [-0.3, -0.25) is 0 Å². The van der Waals surface area contributed by atoms with E-state index in [1.165, 1.54) is 0 Å². The first-order valence-electron chi connectivity index (χ1n) is 9.08. The maximum atomic E-state index is 11.8. The standard InChI is InChI=1S/C22H18Cl2N2O3S/c1-30(28,29)20-12-10-19(11-13-20)26-14-22(27,16-4-8-18(24)9-5-16)25-21(26)15-2-6-17(23)7-3-15/h2-13,27H,14H2,1H3. The summed E-state index contributed by atoms with van der Waals surface area (Å²) in [5, 5.41) is 12.5. The molecule has 8 heteroatoms. The summed E-state index contributed by atoms with van der Waals surface area (Å²) in [4.78, 5) is 6.72. The monoisotopic (exact) mass is 460 g/mol. The van der Waals surface area contributed by atoms with E-state index < -0.39 is 15.6 Å². The van der Waals surface area contributed by atoms with Gasteiger partial charge in [-0.25, -0.2) is 13.4 Å². The van der Waals surface area contributed by atoms with Crippen molar-refractivity contribution in [2.75, 3.05) is 17.7 Å². The van der Waals surface area contributed by atoms with E-state index in [-0.39, 0.29) is 11.4 Å². The molecule has 0 radical (unpaired) electrons. The summed E-state index contributed by atoms with van der Waals surface area (Å²) >= 11 is 12.0. The van der Waals surface area contributed by atoms with Crippen LogP contribution in [0.1, 0.15) is 11.1 Å². The van der Waals surface area contributed by atoms with Crippen LogP contribution in [0.4, 0.5) is 5.69 Å².